The number of carbonyl (C=O) groups is 1. The molecule has 0 atom stereocenters. The molecule has 0 aliphatic carbocycles. The summed E-state index contributed by atoms with van der Waals surface area (Å²) >= 11 is 0. The van der Waals surface area contributed by atoms with E-state index in [1.54, 1.807) is 12.3 Å². The number of fused-ring (bicyclic) bond motifs is 2. The van der Waals surface area contributed by atoms with Gasteiger partial charge in [0.2, 0.25) is 0 Å². The number of phenolic OH excluding ortho intramolecular Hbond substituents is 1. The average molecular weight is 349 g/mol. The fourth-order valence-corrected chi connectivity index (χ4v) is 2.98. The van der Waals surface area contributed by atoms with Gasteiger partial charge in [-0.3, -0.25) is 4.79 Å². The van der Waals surface area contributed by atoms with Gasteiger partial charge >= 0.3 is 11.6 Å². The maximum atomic E-state index is 12.2. The Morgan fingerprint density at radius 2 is 1.92 bits per heavy atom. The van der Waals surface area contributed by atoms with E-state index in [1.165, 1.54) is 18.2 Å². The van der Waals surface area contributed by atoms with Crippen LogP contribution in [0.1, 0.15) is 11.1 Å². The Bertz CT molecular complexity index is 1170. The van der Waals surface area contributed by atoms with Crippen LogP contribution < -0.4 is 5.63 Å². The number of benzene rings is 2. The number of phenols is 1. The van der Waals surface area contributed by atoms with E-state index in [4.69, 9.17) is 9.15 Å². The fourth-order valence-electron chi connectivity index (χ4n) is 2.98. The number of nitrogens with one attached hydrogen (secondary N) is 1. The van der Waals surface area contributed by atoms with Crippen molar-refractivity contribution in [2.75, 3.05) is 0 Å². The summed E-state index contributed by atoms with van der Waals surface area (Å²) in [5.41, 5.74) is 2.03. The molecule has 0 aliphatic heterocycles. The first-order valence-corrected chi connectivity index (χ1v) is 8.06. The zero-order valence-electron chi connectivity index (χ0n) is 13.7. The summed E-state index contributed by atoms with van der Waals surface area (Å²) in [4.78, 5) is 27.0. The SMILES string of the molecule is O=C(Cc1c[nH]c2ccccc12)OCc1cc(=O)oc2cc(O)ccc12. The Hall–Kier alpha value is -3.54. The summed E-state index contributed by atoms with van der Waals surface area (Å²) < 4.78 is 10.4. The molecule has 0 aliphatic rings. The van der Waals surface area contributed by atoms with Gasteiger partial charge in [0.15, 0.2) is 0 Å². The van der Waals surface area contributed by atoms with Crippen LogP contribution in [0.3, 0.4) is 0 Å². The number of H-pyrrole nitrogens is 1. The van der Waals surface area contributed by atoms with Crippen LogP contribution >= 0.6 is 0 Å². The molecule has 0 spiro atoms. The Labute approximate surface area is 147 Å². The Balaban J connectivity index is 1.53. The maximum Gasteiger partial charge on any atom is 0.336 e. The zero-order valence-corrected chi connectivity index (χ0v) is 13.7. The first kappa shape index (κ1) is 16.0. The summed E-state index contributed by atoms with van der Waals surface area (Å²) in [5, 5.41) is 11.1. The second-order valence-electron chi connectivity index (χ2n) is 5.97. The lowest BCUT2D eigenvalue weighted by Gasteiger charge is -2.07. The lowest BCUT2D eigenvalue weighted by atomic mass is 10.1. The monoisotopic (exact) mass is 349 g/mol. The second-order valence-corrected chi connectivity index (χ2v) is 5.97. The first-order valence-electron chi connectivity index (χ1n) is 8.06. The predicted molar refractivity (Wildman–Crippen MR) is 95.9 cm³/mol. The molecular formula is C20H15NO5. The third kappa shape index (κ3) is 3.04. The lowest BCUT2D eigenvalue weighted by Crippen LogP contribution is -2.09. The van der Waals surface area contributed by atoms with Crippen molar-refractivity contribution in [1.29, 1.82) is 0 Å². The van der Waals surface area contributed by atoms with E-state index in [2.05, 4.69) is 4.98 Å². The van der Waals surface area contributed by atoms with E-state index in [0.717, 1.165) is 16.5 Å². The van der Waals surface area contributed by atoms with E-state index in [-0.39, 0.29) is 24.4 Å². The van der Waals surface area contributed by atoms with Gasteiger partial charge in [0.25, 0.3) is 0 Å². The zero-order chi connectivity index (χ0) is 18.1. The molecule has 0 amide bonds. The highest BCUT2D eigenvalue weighted by atomic mass is 16.5. The van der Waals surface area contributed by atoms with E-state index >= 15 is 0 Å². The molecule has 2 aromatic heterocycles. The van der Waals surface area contributed by atoms with Crippen LogP contribution in [-0.2, 0) is 22.6 Å². The van der Waals surface area contributed by atoms with Gasteiger partial charge in [-0.1, -0.05) is 18.2 Å². The first-order chi connectivity index (χ1) is 12.6. The van der Waals surface area contributed by atoms with Crippen molar-refractivity contribution in [2.45, 2.75) is 13.0 Å². The van der Waals surface area contributed by atoms with E-state index in [9.17, 15) is 14.7 Å². The van der Waals surface area contributed by atoms with Crippen molar-refractivity contribution in [1.82, 2.24) is 4.98 Å². The number of carbonyl (C=O) groups excluding carboxylic acids is 1. The standard InChI is InChI=1S/C20H15NO5/c22-14-5-6-16-13(8-20(24)26-18(16)9-14)11-25-19(23)7-12-10-21-17-4-2-1-3-15(12)17/h1-6,8-10,21-22H,7,11H2. The Kier molecular flexibility index (Phi) is 3.93. The van der Waals surface area contributed by atoms with Crippen LogP contribution in [-0.4, -0.2) is 16.1 Å². The van der Waals surface area contributed by atoms with Crippen LogP contribution in [0.5, 0.6) is 5.75 Å². The number of esters is 1. The maximum absolute atomic E-state index is 12.2. The number of aromatic nitrogens is 1. The summed E-state index contributed by atoms with van der Waals surface area (Å²) in [5.74, 6) is -0.399. The van der Waals surface area contributed by atoms with Crippen molar-refractivity contribution in [2.24, 2.45) is 0 Å². The molecule has 0 fully saturated rings. The van der Waals surface area contributed by atoms with E-state index < -0.39 is 11.6 Å². The number of hydrogen-bond acceptors (Lipinski definition) is 5. The van der Waals surface area contributed by atoms with Gasteiger partial charge < -0.3 is 19.2 Å². The Morgan fingerprint density at radius 1 is 1.08 bits per heavy atom. The summed E-state index contributed by atoms with van der Waals surface area (Å²) in [7, 11) is 0. The van der Waals surface area contributed by atoms with Gasteiger partial charge in [0.1, 0.15) is 17.9 Å². The molecule has 0 radical (unpaired) electrons. The normalized spacial score (nSPS) is 11.1. The molecule has 2 aromatic carbocycles. The van der Waals surface area contributed by atoms with Gasteiger partial charge in [-0.2, -0.15) is 0 Å². The van der Waals surface area contributed by atoms with Crippen molar-refractivity contribution in [3.05, 3.63) is 76.3 Å². The number of hydrogen-bond donors (Lipinski definition) is 2. The highest BCUT2D eigenvalue weighted by Gasteiger charge is 2.12. The number of rotatable bonds is 4. The van der Waals surface area contributed by atoms with Crippen LogP contribution in [0.25, 0.3) is 21.9 Å². The van der Waals surface area contributed by atoms with E-state index in [0.29, 0.717) is 10.9 Å². The summed E-state index contributed by atoms with van der Waals surface area (Å²) in [6, 6.07) is 13.5. The third-order valence-electron chi connectivity index (χ3n) is 4.21. The van der Waals surface area contributed by atoms with Crippen LogP contribution in [0.4, 0.5) is 0 Å². The largest absolute Gasteiger partial charge is 0.508 e. The van der Waals surface area contributed by atoms with Gasteiger partial charge in [0.05, 0.1) is 6.42 Å². The minimum Gasteiger partial charge on any atom is -0.508 e. The number of para-hydroxylation sites is 1. The number of ether oxygens (including phenoxy) is 1. The second kappa shape index (κ2) is 6.40. The molecule has 0 saturated carbocycles. The molecule has 0 unspecified atom stereocenters. The highest BCUT2D eigenvalue weighted by Crippen LogP contribution is 2.23. The van der Waals surface area contributed by atoms with Gasteiger partial charge in [0, 0.05) is 40.2 Å². The van der Waals surface area contributed by atoms with E-state index in [1.807, 2.05) is 24.3 Å². The number of aromatic hydroxyl groups is 1. The van der Waals surface area contributed by atoms with Crippen molar-refractivity contribution < 1.29 is 19.1 Å². The minimum atomic E-state index is -0.564. The summed E-state index contributed by atoms with van der Waals surface area (Å²) in [6.07, 6.45) is 1.92. The Morgan fingerprint density at radius 3 is 2.81 bits per heavy atom. The van der Waals surface area contributed by atoms with Crippen LogP contribution in [0.15, 0.2) is 63.9 Å². The van der Waals surface area contributed by atoms with Crippen LogP contribution in [0.2, 0.25) is 0 Å². The molecule has 2 heterocycles. The molecule has 2 N–H and O–H groups in total. The number of aromatic amines is 1. The van der Waals surface area contributed by atoms with Gasteiger partial charge in [-0.25, -0.2) is 4.79 Å². The smallest absolute Gasteiger partial charge is 0.336 e. The van der Waals surface area contributed by atoms with Gasteiger partial charge in [-0.05, 0) is 23.8 Å². The van der Waals surface area contributed by atoms with Crippen molar-refractivity contribution in [3.63, 3.8) is 0 Å². The highest BCUT2D eigenvalue weighted by molar-refractivity contribution is 5.87. The molecule has 6 nitrogen and oxygen atoms in total. The minimum absolute atomic E-state index is 0.00543. The molecule has 130 valence electrons. The van der Waals surface area contributed by atoms with Crippen molar-refractivity contribution in [3.8, 4) is 5.75 Å². The lowest BCUT2D eigenvalue weighted by molar-refractivity contribution is -0.144. The molecule has 4 aromatic rings. The molecule has 26 heavy (non-hydrogen) atoms. The molecular weight excluding hydrogens is 334 g/mol. The third-order valence-corrected chi connectivity index (χ3v) is 4.21. The molecule has 0 bridgehead atoms. The quantitative estimate of drug-likeness (QED) is 0.436. The van der Waals surface area contributed by atoms with Crippen LogP contribution in [0, 0.1) is 0 Å². The fraction of sp³-hybridized carbons (Fsp3) is 0.100. The predicted octanol–water partition coefficient (Wildman–Crippen LogP) is 3.27. The molecule has 0 saturated heterocycles. The topological polar surface area (TPSA) is 92.5 Å². The average Bonchev–Trinajstić information content (AvgIpc) is 3.02. The van der Waals surface area contributed by atoms with Crippen molar-refractivity contribution >= 4 is 27.8 Å². The molecule has 4 rings (SSSR count). The molecule has 6 heteroatoms. The summed E-state index contributed by atoms with van der Waals surface area (Å²) in [6.45, 7) is -0.0476. The van der Waals surface area contributed by atoms with Gasteiger partial charge in [-0.15, -0.1) is 0 Å².